The van der Waals surface area contributed by atoms with Crippen molar-refractivity contribution in [2.24, 2.45) is 5.73 Å². The molecular weight excluding hydrogens is 386 g/mol. The van der Waals surface area contributed by atoms with Crippen LogP contribution in [0.15, 0.2) is 53.4 Å². The first kappa shape index (κ1) is 18.5. The summed E-state index contributed by atoms with van der Waals surface area (Å²) >= 11 is 0. The van der Waals surface area contributed by atoms with Gasteiger partial charge in [-0.2, -0.15) is 4.98 Å². The average molecular weight is 410 g/mol. The highest BCUT2D eigenvalue weighted by molar-refractivity contribution is 7.85. The molecule has 8 heteroatoms. The van der Waals surface area contributed by atoms with Crippen LogP contribution >= 0.6 is 0 Å². The smallest absolute Gasteiger partial charge is 0.228 e. The Kier molecular flexibility index (Phi) is 4.69. The van der Waals surface area contributed by atoms with Gasteiger partial charge in [0.15, 0.2) is 0 Å². The van der Waals surface area contributed by atoms with E-state index >= 15 is 0 Å². The quantitative estimate of drug-likeness (QED) is 0.680. The van der Waals surface area contributed by atoms with Gasteiger partial charge in [-0.1, -0.05) is 30.3 Å². The third kappa shape index (κ3) is 3.59. The number of nitrogens with two attached hydrogens (primary N) is 1. The van der Waals surface area contributed by atoms with Crippen LogP contribution in [0.25, 0.3) is 10.9 Å². The van der Waals surface area contributed by atoms with Gasteiger partial charge in [-0.05, 0) is 23.8 Å². The summed E-state index contributed by atoms with van der Waals surface area (Å²) in [5, 5.41) is 4.37. The van der Waals surface area contributed by atoms with Crippen molar-refractivity contribution in [1.82, 2.24) is 9.97 Å². The van der Waals surface area contributed by atoms with E-state index in [1.54, 1.807) is 0 Å². The number of fused-ring (bicyclic) bond motifs is 2. The molecular formula is C21H23N5O2S. The van der Waals surface area contributed by atoms with E-state index in [4.69, 9.17) is 20.4 Å². The number of aromatic nitrogens is 2. The Morgan fingerprint density at radius 2 is 1.93 bits per heavy atom. The summed E-state index contributed by atoms with van der Waals surface area (Å²) in [5.74, 6) is 1.95. The number of ether oxygens (including phenoxy) is 1. The van der Waals surface area contributed by atoms with E-state index in [0.29, 0.717) is 44.5 Å². The molecule has 0 saturated carbocycles. The molecule has 1 fully saturated rings. The molecule has 1 atom stereocenters. The molecule has 0 spiro atoms. The van der Waals surface area contributed by atoms with Gasteiger partial charge in [0.05, 0.1) is 35.1 Å². The lowest BCUT2D eigenvalue weighted by Crippen LogP contribution is -2.61. The fourth-order valence-corrected chi connectivity index (χ4v) is 4.94. The average Bonchev–Trinajstić information content (AvgIpc) is 2.90. The van der Waals surface area contributed by atoms with Gasteiger partial charge in [0.25, 0.3) is 0 Å². The van der Waals surface area contributed by atoms with E-state index in [-0.39, 0.29) is 5.54 Å². The molecule has 0 radical (unpaired) electrons. The van der Waals surface area contributed by atoms with Crippen molar-refractivity contribution < 1.29 is 8.95 Å². The third-order valence-electron chi connectivity index (χ3n) is 5.39. The van der Waals surface area contributed by atoms with Crippen molar-refractivity contribution >= 4 is 33.5 Å². The van der Waals surface area contributed by atoms with E-state index in [2.05, 4.69) is 10.2 Å². The SMILES string of the molecule is NC1(CNc2nc(N3CCS(=O)c4ccccc4C3)nc3ccccc23)COC1. The van der Waals surface area contributed by atoms with Crippen LogP contribution in [0, 0.1) is 0 Å². The highest BCUT2D eigenvalue weighted by Gasteiger charge is 2.34. The van der Waals surface area contributed by atoms with Crippen molar-refractivity contribution in [1.29, 1.82) is 0 Å². The van der Waals surface area contributed by atoms with Crippen LogP contribution in [0.3, 0.4) is 0 Å². The molecule has 0 amide bonds. The molecule has 2 aromatic carbocycles. The molecule has 5 rings (SSSR count). The van der Waals surface area contributed by atoms with Crippen LogP contribution in [-0.4, -0.2) is 51.8 Å². The zero-order valence-corrected chi connectivity index (χ0v) is 16.8. The highest BCUT2D eigenvalue weighted by atomic mass is 32.2. The first-order valence-corrected chi connectivity index (χ1v) is 11.0. The maximum atomic E-state index is 12.6. The number of hydrogen-bond acceptors (Lipinski definition) is 7. The Bertz CT molecular complexity index is 1090. The van der Waals surface area contributed by atoms with Crippen LogP contribution in [0.5, 0.6) is 0 Å². The number of anilines is 2. The minimum absolute atomic E-state index is 0.356. The van der Waals surface area contributed by atoms with Gasteiger partial charge in [0.1, 0.15) is 5.82 Å². The number of rotatable bonds is 4. The van der Waals surface area contributed by atoms with E-state index in [0.717, 1.165) is 27.2 Å². The predicted octanol–water partition coefficient (Wildman–Crippen LogP) is 1.90. The fourth-order valence-electron chi connectivity index (χ4n) is 3.68. The van der Waals surface area contributed by atoms with E-state index in [9.17, 15) is 4.21 Å². The van der Waals surface area contributed by atoms with Gasteiger partial charge < -0.3 is 20.7 Å². The van der Waals surface area contributed by atoms with Crippen LogP contribution in [0.1, 0.15) is 5.56 Å². The summed E-state index contributed by atoms with van der Waals surface area (Å²) in [6, 6.07) is 15.8. The van der Waals surface area contributed by atoms with Gasteiger partial charge in [0, 0.05) is 35.7 Å². The van der Waals surface area contributed by atoms with Crippen LogP contribution in [-0.2, 0) is 22.1 Å². The zero-order valence-electron chi connectivity index (χ0n) is 16.0. The number of nitrogens with zero attached hydrogens (tertiary/aromatic N) is 3. The summed E-state index contributed by atoms with van der Waals surface area (Å²) in [6.45, 7) is 2.94. The maximum absolute atomic E-state index is 12.6. The lowest BCUT2D eigenvalue weighted by molar-refractivity contribution is -0.0461. The standard InChI is InChI=1S/C21H23N5O2S/c22-21(13-28-14-21)12-23-19-16-6-2-3-7-17(16)24-20(25-19)26-9-10-29(27)18-8-4-1-5-15(18)11-26/h1-8H,9-14,22H2,(H,23,24,25). The third-order valence-corrected chi connectivity index (χ3v) is 6.83. The Morgan fingerprint density at radius 3 is 2.76 bits per heavy atom. The molecule has 2 aliphatic rings. The molecule has 1 aromatic heterocycles. The summed E-state index contributed by atoms with van der Waals surface area (Å²) in [6.07, 6.45) is 0. The minimum Gasteiger partial charge on any atom is -0.377 e. The van der Waals surface area contributed by atoms with Crippen LogP contribution < -0.4 is 16.0 Å². The van der Waals surface area contributed by atoms with Crippen molar-refractivity contribution in [3.05, 3.63) is 54.1 Å². The van der Waals surface area contributed by atoms with Gasteiger partial charge in [-0.3, -0.25) is 4.21 Å². The lowest BCUT2D eigenvalue weighted by atomic mass is 9.99. The van der Waals surface area contributed by atoms with Crippen LogP contribution in [0.4, 0.5) is 11.8 Å². The summed E-state index contributed by atoms with van der Waals surface area (Å²) in [5.41, 5.74) is 7.86. The molecule has 0 bridgehead atoms. The molecule has 3 aromatic rings. The van der Waals surface area contributed by atoms with Crippen molar-refractivity contribution in [2.75, 3.05) is 42.3 Å². The molecule has 7 nitrogen and oxygen atoms in total. The Hall–Kier alpha value is -2.55. The number of benzene rings is 2. The summed E-state index contributed by atoms with van der Waals surface area (Å²) in [4.78, 5) is 12.6. The largest absolute Gasteiger partial charge is 0.377 e. The summed E-state index contributed by atoms with van der Waals surface area (Å²) in [7, 11) is -1.01. The van der Waals surface area contributed by atoms with Gasteiger partial charge in [-0.25, -0.2) is 4.98 Å². The van der Waals surface area contributed by atoms with Crippen molar-refractivity contribution in [3.63, 3.8) is 0 Å². The molecule has 2 aliphatic heterocycles. The fraction of sp³-hybridized carbons (Fsp3) is 0.333. The Balaban J connectivity index is 1.50. The zero-order chi connectivity index (χ0) is 19.8. The Morgan fingerprint density at radius 1 is 1.14 bits per heavy atom. The number of hydrogen-bond donors (Lipinski definition) is 2. The van der Waals surface area contributed by atoms with E-state index in [1.807, 2.05) is 48.5 Å². The second kappa shape index (κ2) is 7.37. The minimum atomic E-state index is -1.01. The normalized spacial score (nSPS) is 20.6. The molecule has 29 heavy (non-hydrogen) atoms. The molecule has 3 heterocycles. The van der Waals surface area contributed by atoms with Gasteiger partial charge in [-0.15, -0.1) is 0 Å². The Labute approximate surface area is 171 Å². The van der Waals surface area contributed by atoms with Crippen LogP contribution in [0.2, 0.25) is 0 Å². The highest BCUT2D eigenvalue weighted by Crippen LogP contribution is 2.27. The number of nitrogens with one attached hydrogen (secondary N) is 1. The summed E-state index contributed by atoms with van der Waals surface area (Å²) < 4.78 is 17.9. The lowest BCUT2D eigenvalue weighted by Gasteiger charge is -2.38. The predicted molar refractivity (Wildman–Crippen MR) is 115 cm³/mol. The van der Waals surface area contributed by atoms with Gasteiger partial charge in [0.2, 0.25) is 5.95 Å². The second-order valence-electron chi connectivity index (χ2n) is 7.68. The maximum Gasteiger partial charge on any atom is 0.228 e. The van der Waals surface area contributed by atoms with E-state index in [1.165, 1.54) is 0 Å². The molecule has 1 saturated heterocycles. The first-order valence-electron chi connectivity index (χ1n) is 9.70. The molecule has 3 N–H and O–H groups in total. The molecule has 150 valence electrons. The first-order chi connectivity index (χ1) is 14.1. The van der Waals surface area contributed by atoms with Gasteiger partial charge >= 0.3 is 0 Å². The number of para-hydroxylation sites is 1. The topological polar surface area (TPSA) is 93.4 Å². The van der Waals surface area contributed by atoms with Crippen molar-refractivity contribution in [3.8, 4) is 0 Å². The van der Waals surface area contributed by atoms with E-state index < -0.39 is 10.8 Å². The second-order valence-corrected chi connectivity index (χ2v) is 9.22. The monoisotopic (exact) mass is 409 g/mol. The molecule has 1 unspecified atom stereocenters. The molecule has 0 aliphatic carbocycles. The van der Waals surface area contributed by atoms with Crippen molar-refractivity contribution in [2.45, 2.75) is 17.0 Å².